The first-order valence-electron chi connectivity index (χ1n) is 7.60. The van der Waals surface area contributed by atoms with Crippen LogP contribution in [0.15, 0.2) is 36.4 Å². The molecule has 0 saturated carbocycles. The van der Waals surface area contributed by atoms with Crippen molar-refractivity contribution >= 4 is 12.0 Å². The van der Waals surface area contributed by atoms with E-state index >= 15 is 0 Å². The maximum absolute atomic E-state index is 12.7. The molecular weight excluding hydrogens is 307 g/mol. The fourth-order valence-electron chi connectivity index (χ4n) is 2.56. The van der Waals surface area contributed by atoms with Gasteiger partial charge in [-0.3, -0.25) is 4.79 Å². The fourth-order valence-corrected chi connectivity index (χ4v) is 2.56. The molecule has 2 rings (SSSR count). The summed E-state index contributed by atoms with van der Waals surface area (Å²) in [6.45, 7) is -0.117. The first kappa shape index (κ1) is 17.5. The third-order valence-corrected chi connectivity index (χ3v) is 4.11. The number of hydrogen-bond acceptors (Lipinski definition) is 2. The minimum atomic E-state index is -4.64. The van der Waals surface area contributed by atoms with Crippen LogP contribution in [0.25, 0.3) is 6.08 Å². The number of hydrogen-bond donors (Lipinski definition) is 1. The van der Waals surface area contributed by atoms with Crippen LogP contribution in [-0.2, 0) is 4.79 Å². The predicted molar refractivity (Wildman–Crippen MR) is 81.5 cm³/mol. The zero-order valence-electron chi connectivity index (χ0n) is 12.7. The van der Waals surface area contributed by atoms with Crippen molar-refractivity contribution in [1.29, 1.82) is 0 Å². The fraction of sp³-hybridized carbons (Fsp3) is 0.471. The summed E-state index contributed by atoms with van der Waals surface area (Å²) in [6, 6.07) is 9.64. The molecule has 3 nitrogen and oxygen atoms in total. The van der Waals surface area contributed by atoms with Crippen molar-refractivity contribution in [2.24, 2.45) is 0 Å². The highest BCUT2D eigenvalue weighted by Crippen LogP contribution is 2.38. The molecule has 23 heavy (non-hydrogen) atoms. The molecule has 6 heteroatoms. The minimum absolute atomic E-state index is 0.0583. The van der Waals surface area contributed by atoms with Crippen LogP contribution in [0.1, 0.15) is 31.2 Å². The van der Waals surface area contributed by atoms with Crippen LogP contribution in [0.5, 0.6) is 0 Å². The minimum Gasteiger partial charge on any atom is -0.380 e. The van der Waals surface area contributed by atoms with E-state index in [0.717, 1.165) is 5.56 Å². The summed E-state index contributed by atoms with van der Waals surface area (Å²) < 4.78 is 38.1. The zero-order valence-corrected chi connectivity index (χ0v) is 12.7. The number of likely N-dealkylation sites (tertiary alicyclic amines) is 1. The van der Waals surface area contributed by atoms with E-state index in [4.69, 9.17) is 0 Å². The van der Waals surface area contributed by atoms with Gasteiger partial charge in [-0.15, -0.1) is 0 Å². The summed E-state index contributed by atoms with van der Waals surface area (Å²) >= 11 is 0. The lowest BCUT2D eigenvalue weighted by Gasteiger charge is -2.39. The average Bonchev–Trinajstić information content (AvgIpc) is 2.52. The van der Waals surface area contributed by atoms with E-state index in [9.17, 15) is 23.1 Å². The molecule has 0 bridgehead atoms. The summed E-state index contributed by atoms with van der Waals surface area (Å²) in [5.41, 5.74) is -1.62. The second-order valence-electron chi connectivity index (χ2n) is 5.76. The Morgan fingerprint density at radius 1 is 1.22 bits per heavy atom. The summed E-state index contributed by atoms with van der Waals surface area (Å²) in [6.07, 6.45) is -0.971. The molecule has 1 N–H and O–H groups in total. The third kappa shape index (κ3) is 4.58. The molecule has 126 valence electrons. The molecule has 1 saturated heterocycles. The Bertz CT molecular complexity index is 547. The Morgan fingerprint density at radius 2 is 1.83 bits per heavy atom. The number of benzene rings is 1. The summed E-state index contributed by atoms with van der Waals surface area (Å²) in [5, 5.41) is 9.57. The van der Waals surface area contributed by atoms with Gasteiger partial charge in [0.25, 0.3) is 0 Å². The molecule has 0 aliphatic carbocycles. The average molecular weight is 327 g/mol. The Balaban J connectivity index is 1.76. The Kier molecular flexibility index (Phi) is 5.46. The van der Waals surface area contributed by atoms with Crippen LogP contribution in [0.3, 0.4) is 0 Å². The van der Waals surface area contributed by atoms with E-state index in [1.54, 1.807) is 0 Å². The molecular formula is C17H20F3NO2. The number of allylic oxidation sites excluding steroid dienone is 1. The molecule has 0 unspecified atom stereocenters. The maximum Gasteiger partial charge on any atom is 0.417 e. The monoisotopic (exact) mass is 327 g/mol. The topological polar surface area (TPSA) is 40.5 Å². The van der Waals surface area contributed by atoms with Gasteiger partial charge in [0.15, 0.2) is 5.60 Å². The Hall–Kier alpha value is -1.82. The number of amides is 1. The zero-order chi connectivity index (χ0) is 16.9. The van der Waals surface area contributed by atoms with Gasteiger partial charge in [-0.1, -0.05) is 42.5 Å². The van der Waals surface area contributed by atoms with Gasteiger partial charge in [0.2, 0.25) is 5.91 Å². The molecule has 1 fully saturated rings. The number of carbonyl (C=O) groups is 1. The highest BCUT2D eigenvalue weighted by atomic mass is 19.4. The highest BCUT2D eigenvalue weighted by Gasteiger charge is 2.54. The molecule has 1 aliphatic heterocycles. The SMILES string of the molecule is O=C(CC/C=C/c1ccccc1)N1CCC(O)(C(F)(F)F)CC1. The summed E-state index contributed by atoms with van der Waals surface area (Å²) in [4.78, 5) is 13.4. The van der Waals surface area contributed by atoms with Crippen LogP contribution in [-0.4, -0.2) is 40.8 Å². The second-order valence-corrected chi connectivity index (χ2v) is 5.76. The molecule has 0 radical (unpaired) electrons. The highest BCUT2D eigenvalue weighted by molar-refractivity contribution is 5.76. The molecule has 1 heterocycles. The third-order valence-electron chi connectivity index (χ3n) is 4.11. The number of halogens is 3. The standard InChI is InChI=1S/C17H20F3NO2/c18-17(19,20)16(23)10-12-21(13-11-16)15(22)9-5-4-8-14-6-2-1-3-7-14/h1-4,6-8,23H,5,9-13H2/b8-4+. The summed E-state index contributed by atoms with van der Waals surface area (Å²) in [7, 11) is 0. The van der Waals surface area contributed by atoms with E-state index in [1.165, 1.54) is 4.90 Å². The van der Waals surface area contributed by atoms with Crippen molar-refractivity contribution < 1.29 is 23.1 Å². The molecule has 0 spiro atoms. The predicted octanol–water partition coefficient (Wildman–Crippen LogP) is 3.40. The van der Waals surface area contributed by atoms with E-state index in [0.29, 0.717) is 6.42 Å². The van der Waals surface area contributed by atoms with Gasteiger partial charge in [-0.05, 0) is 12.0 Å². The Labute approximate surface area is 133 Å². The number of nitrogens with zero attached hydrogens (tertiary/aromatic N) is 1. The lowest BCUT2D eigenvalue weighted by Crippen LogP contribution is -2.54. The number of rotatable bonds is 4. The molecule has 1 amide bonds. The summed E-state index contributed by atoms with van der Waals surface area (Å²) in [5.74, 6) is -0.174. The van der Waals surface area contributed by atoms with E-state index in [-0.39, 0.29) is 25.4 Å². The van der Waals surface area contributed by atoms with Crippen molar-refractivity contribution in [2.45, 2.75) is 37.5 Å². The second kappa shape index (κ2) is 7.17. The van der Waals surface area contributed by atoms with Gasteiger partial charge in [0, 0.05) is 32.4 Å². The van der Waals surface area contributed by atoms with E-state index in [2.05, 4.69) is 0 Å². The van der Waals surface area contributed by atoms with Gasteiger partial charge in [0.05, 0.1) is 0 Å². The number of carbonyl (C=O) groups excluding carboxylic acids is 1. The van der Waals surface area contributed by atoms with Crippen LogP contribution >= 0.6 is 0 Å². The first-order valence-corrected chi connectivity index (χ1v) is 7.60. The maximum atomic E-state index is 12.7. The van der Waals surface area contributed by atoms with E-state index < -0.39 is 24.6 Å². The largest absolute Gasteiger partial charge is 0.417 e. The van der Waals surface area contributed by atoms with Crippen molar-refractivity contribution in [1.82, 2.24) is 4.90 Å². The first-order chi connectivity index (χ1) is 10.8. The molecule has 1 aliphatic rings. The van der Waals surface area contributed by atoms with Crippen molar-refractivity contribution in [3.63, 3.8) is 0 Å². The van der Waals surface area contributed by atoms with Crippen molar-refractivity contribution in [2.75, 3.05) is 13.1 Å². The van der Waals surface area contributed by atoms with Crippen LogP contribution < -0.4 is 0 Å². The van der Waals surface area contributed by atoms with Gasteiger partial charge in [0.1, 0.15) is 0 Å². The lowest BCUT2D eigenvalue weighted by atomic mass is 9.90. The number of alkyl halides is 3. The molecule has 1 aromatic carbocycles. The quantitative estimate of drug-likeness (QED) is 0.921. The van der Waals surface area contributed by atoms with E-state index in [1.807, 2.05) is 42.5 Å². The lowest BCUT2D eigenvalue weighted by molar-refractivity contribution is -0.272. The molecule has 0 aromatic heterocycles. The Morgan fingerprint density at radius 3 is 2.39 bits per heavy atom. The van der Waals surface area contributed by atoms with Gasteiger partial charge < -0.3 is 10.0 Å². The van der Waals surface area contributed by atoms with Crippen LogP contribution in [0.4, 0.5) is 13.2 Å². The normalized spacial score (nSPS) is 18.3. The number of piperidine rings is 1. The van der Waals surface area contributed by atoms with Crippen molar-refractivity contribution in [3.05, 3.63) is 42.0 Å². The van der Waals surface area contributed by atoms with Crippen LogP contribution in [0, 0.1) is 0 Å². The van der Waals surface area contributed by atoms with Crippen molar-refractivity contribution in [3.8, 4) is 0 Å². The molecule has 1 aromatic rings. The van der Waals surface area contributed by atoms with Crippen LogP contribution in [0.2, 0.25) is 0 Å². The van der Waals surface area contributed by atoms with Gasteiger partial charge >= 0.3 is 6.18 Å². The number of aliphatic hydroxyl groups is 1. The van der Waals surface area contributed by atoms with Gasteiger partial charge in [-0.25, -0.2) is 0 Å². The van der Waals surface area contributed by atoms with Gasteiger partial charge in [-0.2, -0.15) is 13.2 Å². The smallest absolute Gasteiger partial charge is 0.380 e. The molecule has 0 atom stereocenters.